The molecule has 5 nitrogen and oxygen atoms in total. The van der Waals surface area contributed by atoms with Crippen LogP contribution in [0.4, 0.5) is 0 Å². The molecular weight excluding hydrogens is 298 g/mol. The molecule has 0 aliphatic carbocycles. The van der Waals surface area contributed by atoms with E-state index in [1.807, 2.05) is 10.3 Å². The molecule has 7 heteroatoms. The average molecular weight is 314 g/mol. The standard InChI is InChI=1S/C13H16ClN3O2S/c14-5-8-7-20-11(16-8)4-12(18)17-3-1-2-9-10(17)6-15-13(9)19/h7,9-10H,1-6H2,(H,15,19). The van der Waals surface area contributed by atoms with Crippen LogP contribution in [-0.4, -0.2) is 40.8 Å². The van der Waals surface area contributed by atoms with Gasteiger partial charge in [0.05, 0.1) is 30.0 Å². The lowest BCUT2D eigenvalue weighted by Gasteiger charge is -2.35. The molecule has 0 bridgehead atoms. The zero-order valence-electron chi connectivity index (χ0n) is 11.0. The number of hydrogen-bond donors (Lipinski definition) is 1. The lowest BCUT2D eigenvalue weighted by molar-refractivity contribution is -0.136. The van der Waals surface area contributed by atoms with Crippen molar-refractivity contribution in [1.29, 1.82) is 0 Å². The fourth-order valence-corrected chi connectivity index (χ4v) is 4.00. The van der Waals surface area contributed by atoms with Crippen LogP contribution in [-0.2, 0) is 21.9 Å². The number of amides is 2. The third-order valence-corrected chi connectivity index (χ3v) is 5.13. The van der Waals surface area contributed by atoms with Crippen molar-refractivity contribution in [3.63, 3.8) is 0 Å². The van der Waals surface area contributed by atoms with Crippen molar-refractivity contribution in [2.45, 2.75) is 31.2 Å². The molecule has 2 saturated heterocycles. The maximum Gasteiger partial charge on any atom is 0.229 e. The summed E-state index contributed by atoms with van der Waals surface area (Å²) in [6.45, 7) is 1.32. The summed E-state index contributed by atoms with van der Waals surface area (Å²) in [5, 5.41) is 5.54. The number of carbonyl (C=O) groups excluding carboxylic acids is 2. The minimum absolute atomic E-state index is 0.0243. The van der Waals surface area contributed by atoms with Gasteiger partial charge in [-0.05, 0) is 12.8 Å². The number of alkyl halides is 1. The SMILES string of the molecule is O=C1NCC2C1CCCN2C(=O)Cc1nc(CCl)cs1. The Morgan fingerprint density at radius 1 is 1.60 bits per heavy atom. The number of likely N-dealkylation sites (tertiary alicyclic amines) is 1. The van der Waals surface area contributed by atoms with E-state index in [1.165, 1.54) is 11.3 Å². The van der Waals surface area contributed by atoms with Crippen LogP contribution in [0.1, 0.15) is 23.5 Å². The first-order chi connectivity index (χ1) is 9.69. The van der Waals surface area contributed by atoms with E-state index in [2.05, 4.69) is 10.3 Å². The second-order valence-corrected chi connectivity index (χ2v) is 6.40. The highest BCUT2D eigenvalue weighted by Crippen LogP contribution is 2.28. The summed E-state index contributed by atoms with van der Waals surface area (Å²) < 4.78 is 0. The van der Waals surface area contributed by atoms with Crippen LogP contribution >= 0.6 is 22.9 Å². The Kier molecular flexibility index (Phi) is 3.94. The van der Waals surface area contributed by atoms with Crippen LogP contribution in [0.5, 0.6) is 0 Å². The molecule has 0 saturated carbocycles. The van der Waals surface area contributed by atoms with Gasteiger partial charge in [-0.25, -0.2) is 4.98 Å². The smallest absolute Gasteiger partial charge is 0.229 e. The van der Waals surface area contributed by atoms with Crippen LogP contribution in [0.25, 0.3) is 0 Å². The summed E-state index contributed by atoms with van der Waals surface area (Å²) >= 11 is 7.18. The monoisotopic (exact) mass is 313 g/mol. The maximum absolute atomic E-state index is 12.4. The van der Waals surface area contributed by atoms with Crippen LogP contribution in [0.3, 0.4) is 0 Å². The van der Waals surface area contributed by atoms with Gasteiger partial charge in [-0.2, -0.15) is 0 Å². The topological polar surface area (TPSA) is 62.3 Å². The number of nitrogens with one attached hydrogen (secondary N) is 1. The lowest BCUT2D eigenvalue weighted by Crippen LogP contribution is -2.49. The Bertz CT molecular complexity index is 533. The summed E-state index contributed by atoms with van der Waals surface area (Å²) in [5.74, 6) is 0.498. The Morgan fingerprint density at radius 2 is 2.45 bits per heavy atom. The molecule has 2 aliphatic rings. The molecule has 2 unspecified atom stereocenters. The van der Waals surface area contributed by atoms with Crippen molar-refractivity contribution in [3.8, 4) is 0 Å². The number of thiazole rings is 1. The number of fused-ring (bicyclic) bond motifs is 1. The number of carbonyl (C=O) groups is 2. The van der Waals surface area contributed by atoms with Crippen molar-refractivity contribution in [2.24, 2.45) is 5.92 Å². The highest BCUT2D eigenvalue weighted by molar-refractivity contribution is 7.09. The van der Waals surface area contributed by atoms with E-state index in [0.29, 0.717) is 18.8 Å². The van der Waals surface area contributed by atoms with Crippen molar-refractivity contribution in [1.82, 2.24) is 15.2 Å². The first kappa shape index (κ1) is 13.8. The van der Waals surface area contributed by atoms with Gasteiger partial charge in [-0.3, -0.25) is 9.59 Å². The molecule has 108 valence electrons. The Labute approximate surface area is 126 Å². The van der Waals surface area contributed by atoms with E-state index in [4.69, 9.17) is 11.6 Å². The number of hydrogen-bond acceptors (Lipinski definition) is 4. The van der Waals surface area contributed by atoms with Crippen molar-refractivity contribution >= 4 is 34.8 Å². The molecule has 1 aromatic rings. The molecule has 2 amide bonds. The van der Waals surface area contributed by atoms with Gasteiger partial charge >= 0.3 is 0 Å². The number of rotatable bonds is 3. The van der Waals surface area contributed by atoms with Gasteiger partial charge in [0.2, 0.25) is 11.8 Å². The minimum atomic E-state index is -0.0256. The van der Waals surface area contributed by atoms with Gasteiger partial charge in [0, 0.05) is 18.5 Å². The molecule has 0 radical (unpaired) electrons. The summed E-state index contributed by atoms with van der Waals surface area (Å²) in [7, 11) is 0. The third kappa shape index (κ3) is 2.54. The third-order valence-electron chi connectivity index (χ3n) is 3.96. The van der Waals surface area contributed by atoms with Gasteiger partial charge in [0.15, 0.2) is 0 Å². The molecule has 1 N–H and O–H groups in total. The Hall–Kier alpha value is -1.14. The molecule has 2 aliphatic heterocycles. The predicted octanol–water partition coefficient (Wildman–Crippen LogP) is 1.16. The summed E-state index contributed by atoms with van der Waals surface area (Å²) in [6, 6.07) is 0.0243. The van der Waals surface area contributed by atoms with Gasteiger partial charge in [0.25, 0.3) is 0 Å². The van der Waals surface area contributed by atoms with Crippen LogP contribution in [0.15, 0.2) is 5.38 Å². The minimum Gasteiger partial charge on any atom is -0.354 e. The molecular formula is C13H16ClN3O2S. The van der Waals surface area contributed by atoms with Crippen molar-refractivity contribution in [3.05, 3.63) is 16.1 Å². The summed E-state index contributed by atoms with van der Waals surface area (Å²) in [4.78, 5) is 30.3. The first-order valence-electron chi connectivity index (χ1n) is 6.75. The van der Waals surface area contributed by atoms with E-state index in [9.17, 15) is 9.59 Å². The highest BCUT2D eigenvalue weighted by Gasteiger charge is 2.42. The molecule has 2 atom stereocenters. The largest absolute Gasteiger partial charge is 0.354 e. The Balaban J connectivity index is 1.68. The molecule has 3 rings (SSSR count). The van der Waals surface area contributed by atoms with Crippen molar-refractivity contribution in [2.75, 3.05) is 13.1 Å². The van der Waals surface area contributed by atoms with Crippen molar-refractivity contribution < 1.29 is 9.59 Å². The fraction of sp³-hybridized carbons (Fsp3) is 0.615. The van der Waals surface area contributed by atoms with Gasteiger partial charge in [0.1, 0.15) is 5.01 Å². The number of nitrogens with zero attached hydrogens (tertiary/aromatic N) is 2. The predicted molar refractivity (Wildman–Crippen MR) is 76.6 cm³/mol. The summed E-state index contributed by atoms with van der Waals surface area (Å²) in [5.41, 5.74) is 0.814. The fourth-order valence-electron chi connectivity index (χ4n) is 2.98. The second-order valence-electron chi connectivity index (χ2n) is 5.19. The maximum atomic E-state index is 12.4. The van der Waals surface area contributed by atoms with Gasteiger partial charge in [-0.15, -0.1) is 22.9 Å². The van der Waals surface area contributed by atoms with Gasteiger partial charge in [-0.1, -0.05) is 0 Å². The van der Waals surface area contributed by atoms with Crippen LogP contribution in [0, 0.1) is 5.92 Å². The van der Waals surface area contributed by atoms with E-state index in [-0.39, 0.29) is 23.8 Å². The van der Waals surface area contributed by atoms with E-state index >= 15 is 0 Å². The normalized spacial score (nSPS) is 25.4. The average Bonchev–Trinajstić information content (AvgIpc) is 3.06. The molecule has 0 aromatic carbocycles. The van der Waals surface area contributed by atoms with E-state index in [0.717, 1.165) is 30.1 Å². The number of piperidine rings is 1. The van der Waals surface area contributed by atoms with E-state index in [1.54, 1.807) is 0 Å². The van der Waals surface area contributed by atoms with Gasteiger partial charge < -0.3 is 10.2 Å². The Morgan fingerprint density at radius 3 is 3.20 bits per heavy atom. The molecule has 3 heterocycles. The molecule has 20 heavy (non-hydrogen) atoms. The van der Waals surface area contributed by atoms with E-state index < -0.39 is 0 Å². The zero-order valence-corrected chi connectivity index (χ0v) is 12.5. The zero-order chi connectivity index (χ0) is 14.1. The summed E-state index contributed by atoms with van der Waals surface area (Å²) in [6.07, 6.45) is 2.08. The first-order valence-corrected chi connectivity index (χ1v) is 8.17. The second kappa shape index (κ2) is 5.69. The molecule has 1 aromatic heterocycles. The number of halogens is 1. The molecule has 2 fully saturated rings. The highest BCUT2D eigenvalue weighted by atomic mass is 35.5. The lowest BCUT2D eigenvalue weighted by atomic mass is 9.91. The quantitative estimate of drug-likeness (QED) is 0.852. The molecule has 0 spiro atoms. The number of aromatic nitrogens is 1. The van der Waals surface area contributed by atoms with Crippen LogP contribution < -0.4 is 5.32 Å². The van der Waals surface area contributed by atoms with Crippen LogP contribution in [0.2, 0.25) is 0 Å².